The number of anilines is 1. The average molecular weight is 487 g/mol. The van der Waals surface area contributed by atoms with Gasteiger partial charge >= 0.3 is 6.01 Å². The van der Waals surface area contributed by atoms with Gasteiger partial charge in [-0.05, 0) is 49.4 Å². The zero-order chi connectivity index (χ0) is 25.2. The Bertz CT molecular complexity index is 1600. The Kier molecular flexibility index (Phi) is 5.02. The van der Waals surface area contributed by atoms with E-state index in [0.717, 1.165) is 12.8 Å². The maximum atomic E-state index is 16.3. The third-order valence-corrected chi connectivity index (χ3v) is 7.29. The monoisotopic (exact) mass is 486 g/mol. The van der Waals surface area contributed by atoms with Gasteiger partial charge in [-0.2, -0.15) is 9.97 Å². The Hall–Kier alpha value is -3.96. The lowest BCUT2D eigenvalue weighted by Gasteiger charge is -2.40. The molecule has 0 saturated carbocycles. The van der Waals surface area contributed by atoms with Crippen molar-refractivity contribution >= 4 is 27.5 Å². The van der Waals surface area contributed by atoms with Crippen LogP contribution in [-0.4, -0.2) is 46.9 Å². The van der Waals surface area contributed by atoms with E-state index in [9.17, 15) is 5.11 Å². The quantitative estimate of drug-likeness (QED) is 0.407. The average Bonchev–Trinajstić information content (AvgIpc) is 3.14. The molecule has 0 aliphatic carbocycles. The molecule has 2 atom stereocenters. The van der Waals surface area contributed by atoms with Crippen LogP contribution in [0.25, 0.3) is 32.8 Å². The first-order valence-corrected chi connectivity index (χ1v) is 11.8. The maximum absolute atomic E-state index is 16.3. The number of aromatic nitrogens is 2. The number of aromatic hydroxyl groups is 1. The van der Waals surface area contributed by atoms with Gasteiger partial charge in [0.25, 0.3) is 0 Å². The van der Waals surface area contributed by atoms with Gasteiger partial charge in [-0.15, -0.1) is 6.42 Å². The van der Waals surface area contributed by atoms with Crippen LogP contribution in [0.5, 0.6) is 11.8 Å². The smallest absolute Gasteiger partial charge is 0.318 e. The third-order valence-electron chi connectivity index (χ3n) is 7.29. The fourth-order valence-corrected chi connectivity index (χ4v) is 5.77. The Labute approximate surface area is 206 Å². The molecule has 6 nitrogen and oxygen atoms in total. The Morgan fingerprint density at radius 1 is 1.25 bits per heavy atom. The Balaban J connectivity index is 1.62. The van der Waals surface area contributed by atoms with Crippen molar-refractivity contribution in [2.24, 2.45) is 0 Å². The van der Waals surface area contributed by atoms with E-state index >= 15 is 8.78 Å². The lowest BCUT2D eigenvalue weighted by Crippen LogP contribution is -2.58. The van der Waals surface area contributed by atoms with E-state index in [1.54, 1.807) is 18.2 Å². The standard InChI is InChI=1S/C28H24F2N4O2/c1-4-15-6-5-7-16-10-18(35)11-19(22(15)16)23-21(29)12-20-25(24(23)30)31-27(36-3)32-26(20)34-13-17-8-9-28(2,14-34)33-17/h1,5-7,10-12,17,33,35H,8-9,13-14H2,2-3H3/t17-,28+/m1/s1. The number of hydrogen-bond donors (Lipinski definition) is 2. The molecule has 2 aliphatic heterocycles. The van der Waals surface area contributed by atoms with Crippen LogP contribution in [0.15, 0.2) is 36.4 Å². The number of ether oxygens (including phenoxy) is 1. The number of methoxy groups -OCH3 is 1. The summed E-state index contributed by atoms with van der Waals surface area (Å²) in [6, 6.07) is 9.54. The number of piperazine rings is 1. The van der Waals surface area contributed by atoms with Crippen molar-refractivity contribution in [3.05, 3.63) is 53.6 Å². The molecule has 4 aromatic rings. The van der Waals surface area contributed by atoms with Crippen molar-refractivity contribution in [2.75, 3.05) is 25.1 Å². The van der Waals surface area contributed by atoms with E-state index < -0.39 is 11.6 Å². The van der Waals surface area contributed by atoms with E-state index in [4.69, 9.17) is 11.2 Å². The lowest BCUT2D eigenvalue weighted by atomic mass is 9.93. The number of nitrogens with one attached hydrogen (secondary N) is 1. The van der Waals surface area contributed by atoms with E-state index in [1.807, 2.05) is 0 Å². The fraction of sp³-hybridized carbons (Fsp3) is 0.286. The van der Waals surface area contributed by atoms with Gasteiger partial charge in [-0.25, -0.2) is 8.78 Å². The normalized spacial score (nSPS) is 21.2. The summed E-state index contributed by atoms with van der Waals surface area (Å²) >= 11 is 0. The summed E-state index contributed by atoms with van der Waals surface area (Å²) in [5, 5.41) is 15.3. The molecule has 0 spiro atoms. The predicted molar refractivity (Wildman–Crippen MR) is 135 cm³/mol. The van der Waals surface area contributed by atoms with Gasteiger partial charge in [0.05, 0.1) is 12.7 Å². The maximum Gasteiger partial charge on any atom is 0.318 e. The SMILES string of the molecule is C#Cc1cccc2cc(O)cc(-c3c(F)cc4c(N5C[C@H]6CC[C@@](C)(C5)N6)nc(OC)nc4c3F)c12. The molecule has 2 aliphatic rings. The van der Waals surface area contributed by atoms with Crippen LogP contribution < -0.4 is 15.0 Å². The highest BCUT2D eigenvalue weighted by Gasteiger charge is 2.42. The second-order valence-corrected chi connectivity index (χ2v) is 9.84. The number of phenolic OH excluding ortho intramolecular Hbond substituents is 1. The van der Waals surface area contributed by atoms with Gasteiger partial charge in [0.1, 0.15) is 22.9 Å². The molecular weight excluding hydrogens is 462 g/mol. The molecule has 8 heteroatoms. The van der Waals surface area contributed by atoms with Crippen LogP contribution in [0.3, 0.4) is 0 Å². The van der Waals surface area contributed by atoms with Gasteiger partial charge in [-0.1, -0.05) is 18.1 Å². The summed E-state index contributed by atoms with van der Waals surface area (Å²) in [6.45, 7) is 3.46. The number of fused-ring (bicyclic) bond motifs is 4. The van der Waals surface area contributed by atoms with Crippen LogP contribution in [0, 0.1) is 24.0 Å². The number of terminal acetylenes is 1. The van der Waals surface area contributed by atoms with Crippen molar-refractivity contribution in [2.45, 2.75) is 31.3 Å². The summed E-state index contributed by atoms with van der Waals surface area (Å²) in [7, 11) is 1.41. The summed E-state index contributed by atoms with van der Waals surface area (Å²) < 4.78 is 37.4. The molecule has 2 bridgehead atoms. The van der Waals surface area contributed by atoms with E-state index in [2.05, 4.69) is 33.0 Å². The second-order valence-electron chi connectivity index (χ2n) is 9.84. The third kappa shape index (κ3) is 3.42. The molecule has 36 heavy (non-hydrogen) atoms. The minimum atomic E-state index is -0.866. The van der Waals surface area contributed by atoms with Crippen LogP contribution in [-0.2, 0) is 0 Å². The molecule has 6 rings (SSSR count). The fourth-order valence-electron chi connectivity index (χ4n) is 5.77. The molecule has 2 N–H and O–H groups in total. The van der Waals surface area contributed by atoms with E-state index in [0.29, 0.717) is 35.2 Å². The summed E-state index contributed by atoms with van der Waals surface area (Å²) in [5.41, 5.74) is 0.148. The molecule has 3 heterocycles. The van der Waals surface area contributed by atoms with E-state index in [-0.39, 0.29) is 45.4 Å². The zero-order valence-electron chi connectivity index (χ0n) is 19.9. The molecule has 0 amide bonds. The topological polar surface area (TPSA) is 70.5 Å². The number of phenols is 1. The molecule has 2 fully saturated rings. The number of benzene rings is 3. The first-order valence-electron chi connectivity index (χ1n) is 11.8. The van der Waals surface area contributed by atoms with Crippen molar-refractivity contribution in [3.63, 3.8) is 0 Å². The second kappa shape index (κ2) is 8.04. The molecule has 182 valence electrons. The zero-order valence-corrected chi connectivity index (χ0v) is 19.9. The predicted octanol–water partition coefficient (Wildman–Crippen LogP) is 4.75. The Morgan fingerprint density at radius 3 is 2.83 bits per heavy atom. The van der Waals surface area contributed by atoms with Gasteiger partial charge in [0.15, 0.2) is 5.82 Å². The molecule has 0 radical (unpaired) electrons. The number of nitrogens with zero attached hydrogens (tertiary/aromatic N) is 3. The first kappa shape index (κ1) is 22.5. The summed E-state index contributed by atoms with van der Waals surface area (Å²) in [4.78, 5) is 10.8. The van der Waals surface area contributed by atoms with Gasteiger partial charge in [0, 0.05) is 46.6 Å². The lowest BCUT2D eigenvalue weighted by molar-refractivity contribution is 0.346. The van der Waals surface area contributed by atoms with Crippen molar-refractivity contribution in [1.29, 1.82) is 0 Å². The van der Waals surface area contributed by atoms with Crippen molar-refractivity contribution < 1.29 is 18.6 Å². The highest BCUT2D eigenvalue weighted by molar-refractivity contribution is 6.04. The van der Waals surface area contributed by atoms with Gasteiger partial charge in [0.2, 0.25) is 0 Å². The molecule has 3 aromatic carbocycles. The largest absolute Gasteiger partial charge is 0.508 e. The summed E-state index contributed by atoms with van der Waals surface area (Å²) in [5.74, 6) is 1.23. The van der Waals surface area contributed by atoms with Crippen LogP contribution in [0.4, 0.5) is 14.6 Å². The number of rotatable bonds is 3. The number of hydrogen-bond acceptors (Lipinski definition) is 6. The van der Waals surface area contributed by atoms with Gasteiger partial charge in [-0.3, -0.25) is 0 Å². The van der Waals surface area contributed by atoms with Crippen molar-refractivity contribution in [1.82, 2.24) is 15.3 Å². The minimum absolute atomic E-state index is 0.00456. The summed E-state index contributed by atoms with van der Waals surface area (Å²) in [6.07, 6.45) is 7.75. The minimum Gasteiger partial charge on any atom is -0.508 e. The first-order chi connectivity index (χ1) is 17.3. The van der Waals surface area contributed by atoms with Gasteiger partial charge < -0.3 is 20.1 Å². The molecule has 0 unspecified atom stereocenters. The highest BCUT2D eigenvalue weighted by atomic mass is 19.1. The van der Waals surface area contributed by atoms with Crippen molar-refractivity contribution in [3.8, 4) is 35.2 Å². The molecular formula is C28H24F2N4O2. The highest BCUT2D eigenvalue weighted by Crippen LogP contribution is 2.42. The van der Waals surface area contributed by atoms with E-state index in [1.165, 1.54) is 25.3 Å². The molecule has 2 saturated heterocycles. The Morgan fingerprint density at radius 2 is 2.08 bits per heavy atom. The van der Waals surface area contributed by atoms with Crippen LogP contribution in [0.1, 0.15) is 25.3 Å². The number of halogens is 2. The molecule has 1 aromatic heterocycles. The van der Waals surface area contributed by atoms with Crippen LogP contribution >= 0.6 is 0 Å². The van der Waals surface area contributed by atoms with Crippen LogP contribution in [0.2, 0.25) is 0 Å².